The second-order valence-corrected chi connectivity index (χ2v) is 15.9. The van der Waals surface area contributed by atoms with Gasteiger partial charge in [-0.25, -0.2) is 9.97 Å². The molecule has 4 aromatic rings. The smallest absolute Gasteiger partial charge is 0.155 e. The van der Waals surface area contributed by atoms with Crippen molar-refractivity contribution in [2.45, 2.75) is 182 Å². The quantitative estimate of drug-likeness (QED) is 0.0648. The summed E-state index contributed by atoms with van der Waals surface area (Å²) in [5.41, 5.74) is 5.74. The van der Waals surface area contributed by atoms with E-state index in [-0.39, 0.29) is 5.54 Å². The molecule has 0 saturated carbocycles. The molecule has 0 fully saturated rings. The van der Waals surface area contributed by atoms with Crippen molar-refractivity contribution in [3.63, 3.8) is 0 Å². The maximum absolute atomic E-state index is 5.24. The topological polar surface area (TPSA) is 54.8 Å². The summed E-state index contributed by atoms with van der Waals surface area (Å²) >= 11 is 0. The van der Waals surface area contributed by atoms with E-state index in [2.05, 4.69) is 98.4 Å². The van der Waals surface area contributed by atoms with Crippen LogP contribution in [0.15, 0.2) is 48.5 Å². The van der Waals surface area contributed by atoms with Crippen LogP contribution < -0.4 is 10.6 Å². The number of nitrogens with zero attached hydrogens (tertiary/aromatic N) is 3. The maximum Gasteiger partial charge on any atom is 0.155 e. The first-order valence-corrected chi connectivity index (χ1v) is 20.7. The molecule has 5 heteroatoms. The van der Waals surface area contributed by atoms with E-state index in [1.165, 1.54) is 131 Å². The van der Waals surface area contributed by atoms with Crippen molar-refractivity contribution in [3.8, 4) is 0 Å². The van der Waals surface area contributed by atoms with E-state index >= 15 is 0 Å². The Morgan fingerprint density at radius 3 is 1.72 bits per heavy atom. The third-order valence-electron chi connectivity index (χ3n) is 10.1. The number of para-hydroxylation sites is 1. The minimum Gasteiger partial charge on any atom is -0.364 e. The van der Waals surface area contributed by atoms with Gasteiger partial charge in [0.15, 0.2) is 5.82 Å². The van der Waals surface area contributed by atoms with Gasteiger partial charge in [-0.3, -0.25) is 0 Å². The van der Waals surface area contributed by atoms with Gasteiger partial charge in [0, 0.05) is 30.4 Å². The van der Waals surface area contributed by atoms with Gasteiger partial charge in [-0.1, -0.05) is 165 Å². The number of pyridine rings is 1. The molecule has 2 aromatic carbocycles. The van der Waals surface area contributed by atoms with Gasteiger partial charge >= 0.3 is 0 Å². The lowest BCUT2D eigenvalue weighted by Crippen LogP contribution is -2.26. The molecular formula is C45H71N5. The van der Waals surface area contributed by atoms with Gasteiger partial charge in [-0.15, -0.1) is 0 Å². The fraction of sp³-hybridized carbons (Fsp3) is 0.644. The Labute approximate surface area is 305 Å². The predicted octanol–water partition coefficient (Wildman–Crippen LogP) is 12.9. The summed E-state index contributed by atoms with van der Waals surface area (Å²) < 4.78 is 2.45. The second kappa shape index (κ2) is 22.1. The number of rotatable bonds is 26. The van der Waals surface area contributed by atoms with Crippen LogP contribution in [0.5, 0.6) is 0 Å². The highest BCUT2D eigenvalue weighted by atomic mass is 15.1. The van der Waals surface area contributed by atoms with Crippen LogP contribution in [0.1, 0.15) is 174 Å². The molecule has 2 aromatic heterocycles. The van der Waals surface area contributed by atoms with Crippen LogP contribution in [0.2, 0.25) is 0 Å². The van der Waals surface area contributed by atoms with Crippen LogP contribution in [0, 0.1) is 0 Å². The normalized spacial score (nSPS) is 12.0. The molecule has 0 bridgehead atoms. The number of imidazole rings is 1. The first kappa shape index (κ1) is 39.9. The molecule has 2 N–H and O–H groups in total. The highest BCUT2D eigenvalue weighted by Crippen LogP contribution is 2.32. The lowest BCUT2D eigenvalue weighted by molar-refractivity contribution is 0.523. The molecular weight excluding hydrogens is 611 g/mol. The van der Waals surface area contributed by atoms with Crippen molar-refractivity contribution in [1.82, 2.24) is 19.9 Å². The molecule has 0 radical (unpaired) electrons. The predicted molar refractivity (Wildman–Crippen MR) is 218 cm³/mol. The van der Waals surface area contributed by atoms with Gasteiger partial charge < -0.3 is 15.2 Å². The Hall–Kier alpha value is -2.92. The largest absolute Gasteiger partial charge is 0.364 e. The number of aryl methyl sites for hydroxylation is 1. The molecule has 0 atom stereocenters. The molecule has 2 heterocycles. The number of benzene rings is 2. The van der Waals surface area contributed by atoms with Crippen molar-refractivity contribution < 1.29 is 0 Å². The van der Waals surface area contributed by atoms with Gasteiger partial charge in [-0.2, -0.15) is 0 Å². The SMILES string of the molecule is CCCCCCCCCCCCCCCCCCCNCc1ccc(Cn2c(CCCC)nc3c(NC(C)(C)C)nc4ccccc4c32)cc1. The van der Waals surface area contributed by atoms with E-state index in [0.717, 1.165) is 61.6 Å². The molecule has 0 unspecified atom stereocenters. The maximum atomic E-state index is 5.24. The standard InChI is InChI=1S/C45H71N5/c1-6-8-10-11-12-13-14-15-16-17-18-19-20-21-22-23-26-34-46-35-37-30-32-38(33-31-37)36-50-41(29-9-7-2)48-42-43(50)39-27-24-25-28-40(39)47-44(42)49-45(3,4)5/h24-25,27-28,30-33,46H,6-23,26,29,34-36H2,1-5H3,(H,47,49). The Morgan fingerprint density at radius 2 is 1.14 bits per heavy atom. The summed E-state index contributed by atoms with van der Waals surface area (Å²) in [7, 11) is 0. The fourth-order valence-electron chi connectivity index (χ4n) is 7.17. The third-order valence-corrected chi connectivity index (χ3v) is 10.1. The van der Waals surface area contributed by atoms with Crippen molar-refractivity contribution >= 4 is 27.8 Å². The monoisotopic (exact) mass is 682 g/mol. The van der Waals surface area contributed by atoms with Crippen LogP contribution in [-0.4, -0.2) is 26.6 Å². The van der Waals surface area contributed by atoms with E-state index < -0.39 is 0 Å². The zero-order valence-corrected chi connectivity index (χ0v) is 32.7. The van der Waals surface area contributed by atoms with Crippen molar-refractivity contribution in [3.05, 3.63) is 65.5 Å². The summed E-state index contributed by atoms with van der Waals surface area (Å²) in [5, 5.41) is 8.51. The van der Waals surface area contributed by atoms with Crippen molar-refractivity contribution in [1.29, 1.82) is 0 Å². The highest BCUT2D eigenvalue weighted by molar-refractivity contribution is 6.07. The van der Waals surface area contributed by atoms with Gasteiger partial charge in [-0.05, 0) is 57.4 Å². The minimum absolute atomic E-state index is 0.106. The van der Waals surface area contributed by atoms with E-state index in [1.807, 2.05) is 0 Å². The molecule has 0 saturated heterocycles. The van der Waals surface area contributed by atoms with E-state index in [0.29, 0.717) is 0 Å². The molecule has 5 nitrogen and oxygen atoms in total. The Bertz CT molecular complexity index is 1500. The molecule has 50 heavy (non-hydrogen) atoms. The second-order valence-electron chi connectivity index (χ2n) is 15.9. The highest BCUT2D eigenvalue weighted by Gasteiger charge is 2.21. The number of aromatic nitrogens is 3. The fourth-order valence-corrected chi connectivity index (χ4v) is 7.17. The van der Waals surface area contributed by atoms with Crippen molar-refractivity contribution in [2.24, 2.45) is 0 Å². The van der Waals surface area contributed by atoms with Gasteiger partial charge in [0.25, 0.3) is 0 Å². The molecule has 0 aliphatic heterocycles. The summed E-state index contributed by atoms with van der Waals surface area (Å²) in [6.45, 7) is 14.0. The number of hydrogen-bond donors (Lipinski definition) is 2. The minimum atomic E-state index is -0.106. The van der Waals surface area contributed by atoms with Crippen LogP contribution in [0.3, 0.4) is 0 Å². The number of hydrogen-bond acceptors (Lipinski definition) is 4. The Balaban J connectivity index is 1.17. The molecule has 0 spiro atoms. The average molecular weight is 682 g/mol. The third kappa shape index (κ3) is 13.7. The number of anilines is 1. The zero-order chi connectivity index (χ0) is 35.4. The Kier molecular flexibility index (Phi) is 17.6. The summed E-state index contributed by atoms with van der Waals surface area (Å²) in [4.78, 5) is 10.3. The van der Waals surface area contributed by atoms with Gasteiger partial charge in [0.1, 0.15) is 11.3 Å². The summed E-state index contributed by atoms with van der Waals surface area (Å²) in [6.07, 6.45) is 27.4. The van der Waals surface area contributed by atoms with Crippen LogP contribution in [0.25, 0.3) is 21.9 Å². The summed E-state index contributed by atoms with van der Waals surface area (Å²) in [6, 6.07) is 17.7. The first-order chi connectivity index (χ1) is 24.4. The molecule has 4 rings (SSSR count). The first-order valence-electron chi connectivity index (χ1n) is 20.7. The molecule has 0 aliphatic carbocycles. The van der Waals surface area contributed by atoms with Gasteiger partial charge in [0.2, 0.25) is 0 Å². The van der Waals surface area contributed by atoms with Crippen LogP contribution in [-0.2, 0) is 19.5 Å². The number of fused-ring (bicyclic) bond motifs is 3. The van der Waals surface area contributed by atoms with E-state index in [9.17, 15) is 0 Å². The van der Waals surface area contributed by atoms with E-state index in [4.69, 9.17) is 9.97 Å². The molecule has 0 aliphatic rings. The van der Waals surface area contributed by atoms with Gasteiger partial charge in [0.05, 0.1) is 11.0 Å². The van der Waals surface area contributed by atoms with Crippen LogP contribution >= 0.6 is 0 Å². The number of unbranched alkanes of at least 4 members (excludes halogenated alkanes) is 17. The van der Waals surface area contributed by atoms with Crippen LogP contribution in [0.4, 0.5) is 5.82 Å². The average Bonchev–Trinajstić information content (AvgIpc) is 3.46. The Morgan fingerprint density at radius 1 is 0.600 bits per heavy atom. The zero-order valence-electron chi connectivity index (χ0n) is 32.7. The molecule has 0 amide bonds. The molecule has 276 valence electrons. The lowest BCUT2D eigenvalue weighted by atomic mass is 10.0. The summed E-state index contributed by atoms with van der Waals surface area (Å²) in [5.74, 6) is 2.03. The number of nitrogens with one attached hydrogen (secondary N) is 2. The van der Waals surface area contributed by atoms with Crippen molar-refractivity contribution in [2.75, 3.05) is 11.9 Å². The van der Waals surface area contributed by atoms with E-state index in [1.54, 1.807) is 0 Å². The lowest BCUT2D eigenvalue weighted by Gasteiger charge is -2.22.